The topological polar surface area (TPSA) is 487 Å². The van der Waals surface area contributed by atoms with Gasteiger partial charge in [0.25, 0.3) is 0 Å². The third kappa shape index (κ3) is 30.3. The molecule has 0 aliphatic carbocycles. The molecule has 25 nitrogen and oxygen atoms in total. The largest absolute Gasteiger partial charge is 1.00 e. The van der Waals surface area contributed by atoms with Gasteiger partial charge in [-0.2, -0.15) is 0 Å². The van der Waals surface area contributed by atoms with E-state index in [0.29, 0.717) is 37.4 Å². The van der Waals surface area contributed by atoms with E-state index in [1.54, 1.807) is 0 Å². The van der Waals surface area contributed by atoms with Crippen LogP contribution >= 0.6 is 30.4 Å². The fourth-order valence-electron chi connectivity index (χ4n) is 2.84. The van der Waals surface area contributed by atoms with E-state index in [0.717, 1.165) is 0 Å². The second-order valence-electron chi connectivity index (χ2n) is 8.16. The summed E-state index contributed by atoms with van der Waals surface area (Å²) in [5, 5.41) is 4.25. The van der Waals surface area contributed by atoms with Crippen LogP contribution in [0.4, 0.5) is 0 Å². The first-order valence-corrected chi connectivity index (χ1v) is 18.5. The number of unbranched alkanes of at least 4 members (excludes halogenated alkanes) is 2. The van der Waals surface area contributed by atoms with Crippen LogP contribution in [0, 0.1) is 0 Å². The normalized spacial score (nSPS) is 13.9. The molecule has 0 radical (unpaired) electrons. The minimum atomic E-state index is -5.17. The smallest absolute Gasteiger partial charge is 0.777 e. The SMILES string of the molecule is O.O.O.O.O.O=P([O-])(O)C(NCCCCOc1cnccn1)P(=O)(O)O.O=P([O-])(O)C(NCCCCOc1cnccn1)P(=O)(O)O.[Na+].[Na+]. The van der Waals surface area contributed by atoms with Crippen LogP contribution in [0.3, 0.4) is 0 Å². The van der Waals surface area contributed by atoms with Crippen molar-refractivity contribution < 1.29 is 153 Å². The monoisotopic (exact) mass is 816 g/mol. The number of aromatic nitrogens is 4. The van der Waals surface area contributed by atoms with E-state index in [9.17, 15) is 28.0 Å². The third-order valence-corrected chi connectivity index (χ3v) is 11.4. The van der Waals surface area contributed by atoms with Crippen LogP contribution in [-0.2, 0) is 18.3 Å². The Hall–Kier alpha value is 0.0800. The van der Waals surface area contributed by atoms with Crippen LogP contribution in [0.25, 0.3) is 0 Å². The van der Waals surface area contributed by atoms with Crippen LogP contribution in [-0.4, -0.2) is 114 Å². The summed E-state index contributed by atoms with van der Waals surface area (Å²) in [6.45, 7) is 0.559. The number of rotatable bonds is 18. The maximum atomic E-state index is 10.9. The quantitative estimate of drug-likeness (QED) is 0.0393. The predicted molar refractivity (Wildman–Crippen MR) is 159 cm³/mol. The summed E-state index contributed by atoms with van der Waals surface area (Å²) in [5.41, 5.74) is -4.57. The van der Waals surface area contributed by atoms with E-state index in [1.807, 2.05) is 0 Å². The summed E-state index contributed by atoms with van der Waals surface area (Å²) >= 11 is 0. The van der Waals surface area contributed by atoms with Gasteiger partial charge in [0.1, 0.15) is 0 Å². The summed E-state index contributed by atoms with van der Waals surface area (Å²) in [7, 11) is -20.3. The van der Waals surface area contributed by atoms with E-state index in [-0.39, 0.29) is 113 Å². The number of hydrogen-bond donors (Lipinski definition) is 8. The molecule has 0 aromatic carbocycles. The Labute approximate surface area is 324 Å². The summed E-state index contributed by atoms with van der Waals surface area (Å²) in [6, 6.07) is 0. The molecule has 0 bridgehead atoms. The molecule has 31 heteroatoms. The molecule has 2 aromatic rings. The van der Waals surface area contributed by atoms with Gasteiger partial charge in [0, 0.05) is 24.8 Å². The number of ether oxygens (including phenoxy) is 2. The van der Waals surface area contributed by atoms with Gasteiger partial charge in [0.15, 0.2) is 26.2 Å². The van der Waals surface area contributed by atoms with Crippen molar-refractivity contribution in [2.75, 3.05) is 26.3 Å². The Balaban J connectivity index is -0.000000126. The second-order valence-corrected chi connectivity index (χ2v) is 15.7. The molecule has 2 rings (SSSR count). The average molecular weight is 816 g/mol. The molecule has 2 heterocycles. The zero-order valence-corrected chi connectivity index (χ0v) is 33.9. The molecule has 280 valence electrons. The Morgan fingerprint density at radius 3 is 1.12 bits per heavy atom. The average Bonchev–Trinajstić information content (AvgIpc) is 2.86. The molecule has 0 fully saturated rings. The Morgan fingerprint density at radius 1 is 0.592 bits per heavy atom. The molecule has 0 spiro atoms. The molecule has 18 N–H and O–H groups in total. The maximum absolute atomic E-state index is 10.9. The van der Waals surface area contributed by atoms with Crippen LogP contribution in [0.15, 0.2) is 37.2 Å². The Bertz CT molecular complexity index is 1110. The minimum Gasteiger partial charge on any atom is -0.777 e. The van der Waals surface area contributed by atoms with Crippen molar-refractivity contribution in [2.45, 2.75) is 36.7 Å². The summed E-state index contributed by atoms with van der Waals surface area (Å²) in [4.78, 5) is 90.0. The van der Waals surface area contributed by atoms with Crippen molar-refractivity contribution in [3.63, 3.8) is 0 Å². The first kappa shape index (κ1) is 64.1. The number of nitrogens with one attached hydrogen (secondary N) is 2. The molecule has 49 heavy (non-hydrogen) atoms. The molecular formula is C18H42N6Na2O19P4. The van der Waals surface area contributed by atoms with Crippen molar-refractivity contribution in [1.82, 2.24) is 30.6 Å². The zero-order valence-electron chi connectivity index (χ0n) is 26.3. The molecule has 0 amide bonds. The van der Waals surface area contributed by atoms with Crippen molar-refractivity contribution in [1.29, 1.82) is 0 Å². The Morgan fingerprint density at radius 2 is 0.898 bits per heavy atom. The van der Waals surface area contributed by atoms with Gasteiger partial charge < -0.3 is 85.1 Å². The van der Waals surface area contributed by atoms with Gasteiger partial charge in [0.2, 0.25) is 11.8 Å². The van der Waals surface area contributed by atoms with E-state index < -0.39 is 41.4 Å². The van der Waals surface area contributed by atoms with Gasteiger partial charge >= 0.3 is 74.3 Å². The molecule has 4 unspecified atom stereocenters. The molecular weight excluding hydrogens is 774 g/mol. The van der Waals surface area contributed by atoms with Crippen LogP contribution < -0.4 is 89.0 Å². The van der Waals surface area contributed by atoms with Gasteiger partial charge in [-0.3, -0.25) is 29.7 Å². The summed E-state index contributed by atoms with van der Waals surface area (Å²) < 4.78 is 54.1. The van der Waals surface area contributed by atoms with Crippen LogP contribution in [0.5, 0.6) is 11.8 Å². The van der Waals surface area contributed by atoms with Gasteiger partial charge in [-0.25, -0.2) is 9.97 Å². The van der Waals surface area contributed by atoms with Crippen LogP contribution in [0.2, 0.25) is 0 Å². The molecule has 2 aromatic heterocycles. The zero-order chi connectivity index (χ0) is 31.9. The molecule has 0 aliphatic heterocycles. The van der Waals surface area contributed by atoms with Crippen molar-refractivity contribution in [2.24, 2.45) is 0 Å². The molecule has 4 atom stereocenters. The van der Waals surface area contributed by atoms with E-state index in [1.165, 1.54) is 37.2 Å². The van der Waals surface area contributed by atoms with Gasteiger partial charge in [-0.05, 0) is 38.8 Å². The summed E-state index contributed by atoms with van der Waals surface area (Å²) in [6.07, 6.45) is 10.5. The standard InChI is InChI=1S/2C9H17N3O7P2.2Na.5H2O/c2*13-20(14,15)9(21(16,17)18)12-3-1-2-6-19-8-7-10-4-5-11-8;;;;;;;/h2*4-5,7,9,12H,1-3,6H2,(H2,13,14,15)(H2,16,17,18);;;5*1H2/q;;2*+1;;;;;/p-2. The van der Waals surface area contributed by atoms with Gasteiger partial charge in [0.05, 0.1) is 25.6 Å². The molecule has 0 saturated carbocycles. The number of nitrogens with zero attached hydrogens (tertiary/aromatic N) is 4. The first-order chi connectivity index (χ1) is 19.4. The first-order valence-electron chi connectivity index (χ1n) is 11.8. The van der Waals surface area contributed by atoms with E-state index in [4.69, 9.17) is 38.8 Å². The number of hydrogen-bond acceptors (Lipinski definition) is 14. The molecule has 0 saturated heterocycles. The predicted octanol–water partition coefficient (Wildman–Crippen LogP) is -11.7. The van der Waals surface area contributed by atoms with Crippen LogP contribution in [0.1, 0.15) is 25.7 Å². The fraction of sp³-hybridized carbons (Fsp3) is 0.556. The fourth-order valence-corrected chi connectivity index (χ4v) is 7.33. The minimum absolute atomic E-state index is 0. The van der Waals surface area contributed by atoms with Crippen molar-refractivity contribution in [3.05, 3.63) is 37.2 Å². The van der Waals surface area contributed by atoms with Gasteiger partial charge in [-0.1, -0.05) is 0 Å². The van der Waals surface area contributed by atoms with E-state index >= 15 is 0 Å². The second kappa shape index (κ2) is 31.6. The van der Waals surface area contributed by atoms with Gasteiger partial charge in [-0.15, -0.1) is 0 Å². The summed E-state index contributed by atoms with van der Waals surface area (Å²) in [5.74, 6) is 0.691. The van der Waals surface area contributed by atoms with Crippen molar-refractivity contribution in [3.8, 4) is 11.8 Å². The Kier molecular flexibility index (Phi) is 41.3. The van der Waals surface area contributed by atoms with Crippen molar-refractivity contribution >= 4 is 30.4 Å². The third-order valence-electron chi connectivity index (χ3n) is 4.63. The van der Waals surface area contributed by atoms with E-state index in [2.05, 4.69) is 30.6 Å². The maximum Gasteiger partial charge on any atom is 1.00 e. The molecule has 0 aliphatic rings.